The first-order valence-corrected chi connectivity index (χ1v) is 15.0. The number of fused-ring (bicyclic) bond motifs is 8. The van der Waals surface area contributed by atoms with Crippen molar-refractivity contribution in [1.82, 2.24) is 0 Å². The van der Waals surface area contributed by atoms with E-state index in [2.05, 4.69) is 169 Å². The highest BCUT2D eigenvalue weighted by Crippen LogP contribution is 2.45. The Morgan fingerprint density at radius 1 is 0.386 bits per heavy atom. The van der Waals surface area contributed by atoms with Gasteiger partial charge in [0.25, 0.3) is 0 Å². The summed E-state index contributed by atoms with van der Waals surface area (Å²) in [4.78, 5) is 2.38. The normalized spacial score (nSPS) is 11.6. The van der Waals surface area contributed by atoms with Crippen molar-refractivity contribution < 1.29 is 4.42 Å². The molecule has 8 aromatic carbocycles. The number of para-hydroxylation sites is 1. The predicted octanol–water partition coefficient (Wildman–Crippen LogP) is 12.2. The monoisotopic (exact) mass is 561 g/mol. The minimum atomic E-state index is 0.885. The molecular formula is C42H27NO. The lowest BCUT2D eigenvalue weighted by atomic mass is 9.95. The summed E-state index contributed by atoms with van der Waals surface area (Å²) in [5.74, 6) is 0. The number of hydrogen-bond donors (Lipinski definition) is 0. The van der Waals surface area contributed by atoms with E-state index in [4.69, 9.17) is 4.42 Å². The standard InChI is InChI=1S/C42H27NO/c1-3-13-28(14-4-1)37-27-39-38-26-31(23-24-41(38)44-42(39)36-22-12-10-20-34(36)37)43(30-16-5-2-6-17-30)40-25-29-15-7-8-18-32(29)33-19-9-11-21-35(33)40/h1-27H. The van der Waals surface area contributed by atoms with Crippen LogP contribution in [0, 0.1) is 0 Å². The molecule has 0 spiro atoms. The van der Waals surface area contributed by atoms with Gasteiger partial charge in [-0.25, -0.2) is 0 Å². The van der Waals surface area contributed by atoms with E-state index in [0.717, 1.165) is 44.4 Å². The van der Waals surface area contributed by atoms with Crippen LogP contribution in [0.25, 0.3) is 65.4 Å². The summed E-state index contributed by atoms with van der Waals surface area (Å²) in [5.41, 5.74) is 7.56. The fraction of sp³-hybridized carbons (Fsp3) is 0. The lowest BCUT2D eigenvalue weighted by Crippen LogP contribution is -2.10. The van der Waals surface area contributed by atoms with Gasteiger partial charge >= 0.3 is 0 Å². The Labute approximate surface area is 255 Å². The van der Waals surface area contributed by atoms with Crippen molar-refractivity contribution in [3.63, 3.8) is 0 Å². The minimum absolute atomic E-state index is 0.885. The fourth-order valence-corrected chi connectivity index (χ4v) is 6.81. The molecule has 1 aromatic heterocycles. The van der Waals surface area contributed by atoms with Gasteiger partial charge in [-0.1, -0.05) is 121 Å². The van der Waals surface area contributed by atoms with Crippen LogP contribution in [0.2, 0.25) is 0 Å². The molecule has 0 aliphatic rings. The van der Waals surface area contributed by atoms with E-state index in [1.807, 2.05) is 0 Å². The molecule has 0 saturated heterocycles. The van der Waals surface area contributed by atoms with E-state index >= 15 is 0 Å². The van der Waals surface area contributed by atoms with Crippen molar-refractivity contribution in [2.45, 2.75) is 0 Å². The molecule has 2 nitrogen and oxygen atoms in total. The zero-order valence-corrected chi connectivity index (χ0v) is 23.9. The fourth-order valence-electron chi connectivity index (χ4n) is 6.81. The molecule has 206 valence electrons. The number of nitrogens with zero attached hydrogens (tertiary/aromatic N) is 1. The zero-order chi connectivity index (χ0) is 29.0. The number of hydrogen-bond acceptors (Lipinski definition) is 2. The van der Waals surface area contributed by atoms with E-state index < -0.39 is 0 Å². The van der Waals surface area contributed by atoms with Gasteiger partial charge in [-0.15, -0.1) is 0 Å². The van der Waals surface area contributed by atoms with Gasteiger partial charge < -0.3 is 9.32 Å². The second-order valence-electron chi connectivity index (χ2n) is 11.3. The van der Waals surface area contributed by atoms with Crippen molar-refractivity contribution in [3.8, 4) is 11.1 Å². The molecule has 0 fully saturated rings. The Bertz CT molecular complexity index is 2490. The first kappa shape index (κ1) is 24.7. The molecule has 0 radical (unpaired) electrons. The molecule has 1 heterocycles. The zero-order valence-electron chi connectivity index (χ0n) is 23.9. The third-order valence-corrected chi connectivity index (χ3v) is 8.80. The van der Waals surface area contributed by atoms with E-state index in [1.165, 1.54) is 38.1 Å². The van der Waals surface area contributed by atoms with Gasteiger partial charge in [0.15, 0.2) is 0 Å². The van der Waals surface area contributed by atoms with Crippen LogP contribution in [-0.2, 0) is 0 Å². The number of rotatable bonds is 4. The maximum Gasteiger partial charge on any atom is 0.143 e. The largest absolute Gasteiger partial charge is 0.455 e. The topological polar surface area (TPSA) is 16.4 Å². The van der Waals surface area contributed by atoms with Gasteiger partial charge in [0.2, 0.25) is 0 Å². The Hall–Kier alpha value is -5.86. The Morgan fingerprint density at radius 3 is 1.82 bits per heavy atom. The van der Waals surface area contributed by atoms with Crippen molar-refractivity contribution in [2.24, 2.45) is 0 Å². The van der Waals surface area contributed by atoms with Crippen LogP contribution < -0.4 is 4.90 Å². The van der Waals surface area contributed by atoms with Crippen LogP contribution in [-0.4, -0.2) is 0 Å². The number of benzene rings is 8. The van der Waals surface area contributed by atoms with E-state index in [1.54, 1.807) is 0 Å². The summed E-state index contributed by atoms with van der Waals surface area (Å²) >= 11 is 0. The summed E-state index contributed by atoms with van der Waals surface area (Å²) in [6, 6.07) is 58.5. The summed E-state index contributed by atoms with van der Waals surface area (Å²) in [7, 11) is 0. The molecule has 9 rings (SSSR count). The minimum Gasteiger partial charge on any atom is -0.455 e. The Kier molecular flexibility index (Phi) is 5.54. The Morgan fingerprint density at radius 2 is 1.02 bits per heavy atom. The molecule has 44 heavy (non-hydrogen) atoms. The highest BCUT2D eigenvalue weighted by Gasteiger charge is 2.20. The molecule has 0 aliphatic carbocycles. The van der Waals surface area contributed by atoms with Crippen LogP contribution in [0.15, 0.2) is 168 Å². The molecule has 2 heteroatoms. The van der Waals surface area contributed by atoms with Crippen LogP contribution in [0.4, 0.5) is 17.1 Å². The maximum absolute atomic E-state index is 6.61. The molecule has 0 N–H and O–H groups in total. The average molecular weight is 562 g/mol. The van der Waals surface area contributed by atoms with Gasteiger partial charge in [0.05, 0.1) is 5.69 Å². The summed E-state index contributed by atoms with van der Waals surface area (Å²) < 4.78 is 6.61. The quantitative estimate of drug-likeness (QED) is 0.199. The van der Waals surface area contributed by atoms with Crippen LogP contribution in [0.5, 0.6) is 0 Å². The van der Waals surface area contributed by atoms with Crippen molar-refractivity contribution in [2.75, 3.05) is 4.90 Å². The predicted molar refractivity (Wildman–Crippen MR) is 186 cm³/mol. The van der Waals surface area contributed by atoms with E-state index in [0.29, 0.717) is 0 Å². The average Bonchev–Trinajstić information content (AvgIpc) is 3.47. The van der Waals surface area contributed by atoms with Crippen LogP contribution in [0.3, 0.4) is 0 Å². The molecular weight excluding hydrogens is 534 g/mol. The molecule has 0 unspecified atom stereocenters. The van der Waals surface area contributed by atoms with Gasteiger partial charge in [-0.2, -0.15) is 0 Å². The van der Waals surface area contributed by atoms with Gasteiger partial charge in [0, 0.05) is 32.9 Å². The first-order chi connectivity index (χ1) is 21.8. The molecule has 0 atom stereocenters. The third-order valence-electron chi connectivity index (χ3n) is 8.80. The second kappa shape index (κ2) is 9.86. The molecule has 0 amide bonds. The summed E-state index contributed by atoms with van der Waals surface area (Å²) in [5, 5.41) is 9.48. The number of anilines is 3. The van der Waals surface area contributed by atoms with Gasteiger partial charge in [-0.3, -0.25) is 0 Å². The van der Waals surface area contributed by atoms with Gasteiger partial charge in [0.1, 0.15) is 11.2 Å². The first-order valence-electron chi connectivity index (χ1n) is 15.0. The lowest BCUT2D eigenvalue weighted by molar-refractivity contribution is 0.672. The Balaban J connectivity index is 1.35. The van der Waals surface area contributed by atoms with Crippen molar-refractivity contribution >= 4 is 71.3 Å². The highest BCUT2D eigenvalue weighted by molar-refractivity contribution is 6.20. The summed E-state index contributed by atoms with van der Waals surface area (Å²) in [6.07, 6.45) is 0. The lowest BCUT2D eigenvalue weighted by Gasteiger charge is -2.27. The van der Waals surface area contributed by atoms with Gasteiger partial charge in [-0.05, 0) is 75.1 Å². The molecule has 9 aromatic rings. The van der Waals surface area contributed by atoms with E-state index in [9.17, 15) is 0 Å². The van der Waals surface area contributed by atoms with Crippen molar-refractivity contribution in [3.05, 3.63) is 164 Å². The maximum atomic E-state index is 6.61. The molecule has 0 bridgehead atoms. The third kappa shape index (κ3) is 3.82. The SMILES string of the molecule is c1ccc(-c2cc3c4cc(N(c5ccccc5)c5cc6ccccc6c6ccccc56)ccc4oc3c3ccccc23)cc1. The smallest absolute Gasteiger partial charge is 0.143 e. The molecule has 0 aliphatic heterocycles. The summed E-state index contributed by atoms with van der Waals surface area (Å²) in [6.45, 7) is 0. The van der Waals surface area contributed by atoms with Crippen LogP contribution >= 0.6 is 0 Å². The second-order valence-corrected chi connectivity index (χ2v) is 11.3. The van der Waals surface area contributed by atoms with Crippen LogP contribution in [0.1, 0.15) is 0 Å². The van der Waals surface area contributed by atoms with Crippen molar-refractivity contribution in [1.29, 1.82) is 0 Å². The highest BCUT2D eigenvalue weighted by atomic mass is 16.3. The molecule has 0 saturated carbocycles. The number of furan rings is 1. The van der Waals surface area contributed by atoms with E-state index in [-0.39, 0.29) is 0 Å².